The maximum atomic E-state index is 13.5. The molecule has 0 saturated heterocycles. The minimum absolute atomic E-state index is 0.0339. The summed E-state index contributed by atoms with van der Waals surface area (Å²) in [6, 6.07) is 6.06. The summed E-state index contributed by atoms with van der Waals surface area (Å²) < 4.78 is 26.6. The van der Waals surface area contributed by atoms with Crippen molar-refractivity contribution in [3.63, 3.8) is 0 Å². The van der Waals surface area contributed by atoms with Crippen LogP contribution in [0.5, 0.6) is 0 Å². The van der Waals surface area contributed by atoms with Crippen molar-refractivity contribution in [3.8, 4) is 0 Å². The van der Waals surface area contributed by atoms with Gasteiger partial charge in [-0.05, 0) is 24.6 Å². The van der Waals surface area contributed by atoms with Gasteiger partial charge in [0.2, 0.25) is 0 Å². The van der Waals surface area contributed by atoms with Gasteiger partial charge in [0.15, 0.2) is 11.6 Å². The molecular formula is C14H15F2NOS. The number of thiophene rings is 1. The van der Waals surface area contributed by atoms with Crippen molar-refractivity contribution in [2.45, 2.75) is 19.4 Å². The fourth-order valence-electron chi connectivity index (χ4n) is 1.75. The second-order valence-corrected chi connectivity index (χ2v) is 5.42. The molecule has 2 aromatic rings. The van der Waals surface area contributed by atoms with Gasteiger partial charge in [-0.1, -0.05) is 12.1 Å². The molecule has 0 spiro atoms. The van der Waals surface area contributed by atoms with Crippen LogP contribution in [0.4, 0.5) is 14.5 Å². The van der Waals surface area contributed by atoms with E-state index in [2.05, 4.69) is 5.32 Å². The van der Waals surface area contributed by atoms with Gasteiger partial charge in [-0.25, -0.2) is 8.78 Å². The molecule has 2 rings (SSSR count). The van der Waals surface area contributed by atoms with E-state index in [1.54, 1.807) is 6.07 Å². The quantitative estimate of drug-likeness (QED) is 0.881. The van der Waals surface area contributed by atoms with Gasteiger partial charge in [-0.3, -0.25) is 0 Å². The van der Waals surface area contributed by atoms with E-state index in [9.17, 15) is 8.78 Å². The molecule has 0 aliphatic heterocycles. The average Bonchev–Trinajstić information content (AvgIpc) is 2.82. The van der Waals surface area contributed by atoms with E-state index in [0.29, 0.717) is 12.0 Å². The summed E-state index contributed by atoms with van der Waals surface area (Å²) in [6.45, 7) is 1.91. The first-order chi connectivity index (χ1) is 9.10. The largest absolute Gasteiger partial charge is 0.394 e. The fourth-order valence-corrected chi connectivity index (χ4v) is 2.60. The number of aliphatic hydroxyl groups is 1. The molecule has 1 atom stereocenters. The van der Waals surface area contributed by atoms with Crippen LogP contribution in [0.3, 0.4) is 0 Å². The van der Waals surface area contributed by atoms with Crippen molar-refractivity contribution >= 4 is 17.0 Å². The smallest absolute Gasteiger partial charge is 0.162 e. The third kappa shape index (κ3) is 3.52. The second kappa shape index (κ2) is 6.12. The predicted molar refractivity (Wildman–Crippen MR) is 73.7 cm³/mol. The zero-order valence-electron chi connectivity index (χ0n) is 10.5. The lowest BCUT2D eigenvalue weighted by Gasteiger charge is -2.09. The van der Waals surface area contributed by atoms with Crippen molar-refractivity contribution in [2.24, 2.45) is 0 Å². The van der Waals surface area contributed by atoms with E-state index in [4.69, 9.17) is 5.11 Å². The number of aliphatic hydroxyl groups excluding tert-OH is 1. The van der Waals surface area contributed by atoms with Gasteiger partial charge in [0.25, 0.3) is 0 Å². The second-order valence-electron chi connectivity index (χ2n) is 4.42. The molecule has 0 radical (unpaired) electrons. The first kappa shape index (κ1) is 14.0. The number of benzene rings is 1. The maximum Gasteiger partial charge on any atom is 0.162 e. The highest BCUT2D eigenvalue weighted by atomic mass is 32.1. The van der Waals surface area contributed by atoms with Gasteiger partial charge in [-0.2, -0.15) is 0 Å². The van der Waals surface area contributed by atoms with E-state index < -0.39 is 11.6 Å². The molecule has 19 heavy (non-hydrogen) atoms. The molecule has 102 valence electrons. The lowest BCUT2D eigenvalue weighted by Crippen LogP contribution is -2.18. The van der Waals surface area contributed by atoms with Crippen LogP contribution in [0.15, 0.2) is 29.6 Å². The highest BCUT2D eigenvalue weighted by Crippen LogP contribution is 2.24. The first-order valence-corrected chi connectivity index (χ1v) is 6.86. The van der Waals surface area contributed by atoms with Crippen LogP contribution in [0.1, 0.15) is 17.4 Å². The van der Waals surface area contributed by atoms with Gasteiger partial charge >= 0.3 is 0 Å². The molecule has 1 aromatic carbocycles. The SMILES string of the molecule is CC(CO)Nc1csc(Cc2cccc(F)c2F)c1. The number of hydrogen-bond acceptors (Lipinski definition) is 3. The third-order valence-corrected chi connectivity index (χ3v) is 3.67. The predicted octanol–water partition coefficient (Wildman–Crippen LogP) is 3.41. The van der Waals surface area contributed by atoms with Crippen LogP contribution in [-0.2, 0) is 6.42 Å². The summed E-state index contributed by atoms with van der Waals surface area (Å²) in [6.07, 6.45) is 0.365. The summed E-state index contributed by atoms with van der Waals surface area (Å²) in [5.41, 5.74) is 1.24. The van der Waals surface area contributed by atoms with Crippen LogP contribution in [0, 0.1) is 11.6 Å². The Morgan fingerprint density at radius 1 is 1.37 bits per heavy atom. The van der Waals surface area contributed by atoms with Crippen LogP contribution in [-0.4, -0.2) is 17.8 Å². The number of nitrogens with one attached hydrogen (secondary N) is 1. The lowest BCUT2D eigenvalue weighted by molar-refractivity contribution is 0.281. The molecule has 0 aliphatic carbocycles. The molecule has 0 saturated carbocycles. The van der Waals surface area contributed by atoms with Gasteiger partial charge in [0.05, 0.1) is 6.61 Å². The molecule has 1 unspecified atom stereocenters. The van der Waals surface area contributed by atoms with Gasteiger partial charge in [-0.15, -0.1) is 11.3 Å². The van der Waals surface area contributed by atoms with E-state index >= 15 is 0 Å². The van der Waals surface area contributed by atoms with Gasteiger partial charge < -0.3 is 10.4 Å². The number of anilines is 1. The fraction of sp³-hybridized carbons (Fsp3) is 0.286. The molecule has 0 bridgehead atoms. The Kier molecular flexibility index (Phi) is 4.50. The van der Waals surface area contributed by atoms with Crippen molar-refractivity contribution in [2.75, 3.05) is 11.9 Å². The van der Waals surface area contributed by atoms with Crippen molar-refractivity contribution in [3.05, 3.63) is 51.7 Å². The van der Waals surface area contributed by atoms with Crippen molar-refractivity contribution in [1.82, 2.24) is 0 Å². The van der Waals surface area contributed by atoms with Gasteiger partial charge in [0, 0.05) is 28.4 Å². The Morgan fingerprint density at radius 3 is 2.89 bits per heavy atom. The standard InChI is InChI=1S/C14H15F2NOS/c1-9(7-18)17-11-6-12(19-8-11)5-10-3-2-4-13(15)14(10)16/h2-4,6,8-9,17-18H,5,7H2,1H3. The Morgan fingerprint density at radius 2 is 2.16 bits per heavy atom. The van der Waals surface area contributed by atoms with E-state index in [0.717, 1.165) is 16.6 Å². The molecule has 1 aromatic heterocycles. The lowest BCUT2D eigenvalue weighted by atomic mass is 10.1. The average molecular weight is 283 g/mol. The molecule has 2 nitrogen and oxygen atoms in total. The normalized spacial score (nSPS) is 12.4. The first-order valence-electron chi connectivity index (χ1n) is 5.98. The van der Waals surface area contributed by atoms with E-state index in [-0.39, 0.29) is 12.6 Å². The third-order valence-electron chi connectivity index (χ3n) is 2.74. The van der Waals surface area contributed by atoms with Crippen LogP contribution in [0.25, 0.3) is 0 Å². The van der Waals surface area contributed by atoms with E-state index in [1.165, 1.54) is 17.4 Å². The number of rotatable bonds is 5. The number of hydrogen-bond donors (Lipinski definition) is 2. The van der Waals surface area contributed by atoms with E-state index in [1.807, 2.05) is 18.4 Å². The zero-order valence-corrected chi connectivity index (χ0v) is 11.3. The monoisotopic (exact) mass is 283 g/mol. The highest BCUT2D eigenvalue weighted by Gasteiger charge is 2.10. The zero-order chi connectivity index (χ0) is 13.8. The Balaban J connectivity index is 2.09. The molecule has 1 heterocycles. The minimum Gasteiger partial charge on any atom is -0.394 e. The summed E-state index contributed by atoms with van der Waals surface area (Å²) in [5.74, 6) is -1.60. The summed E-state index contributed by atoms with van der Waals surface area (Å²) >= 11 is 1.48. The molecule has 0 amide bonds. The highest BCUT2D eigenvalue weighted by molar-refractivity contribution is 7.10. The van der Waals surface area contributed by atoms with Crippen molar-refractivity contribution < 1.29 is 13.9 Å². The molecule has 0 aliphatic rings. The molecule has 2 N–H and O–H groups in total. The molecule has 5 heteroatoms. The van der Waals surface area contributed by atoms with Crippen LogP contribution >= 0.6 is 11.3 Å². The van der Waals surface area contributed by atoms with Crippen LogP contribution in [0.2, 0.25) is 0 Å². The summed E-state index contributed by atoms with van der Waals surface area (Å²) in [7, 11) is 0. The Labute approximate surface area is 114 Å². The maximum absolute atomic E-state index is 13.5. The topological polar surface area (TPSA) is 32.3 Å². The van der Waals surface area contributed by atoms with Crippen LogP contribution < -0.4 is 5.32 Å². The van der Waals surface area contributed by atoms with Crippen molar-refractivity contribution in [1.29, 1.82) is 0 Å². The number of halogens is 2. The Hall–Kier alpha value is -1.46. The minimum atomic E-state index is -0.818. The Bertz CT molecular complexity index is 556. The van der Waals surface area contributed by atoms with Gasteiger partial charge in [0.1, 0.15) is 0 Å². The summed E-state index contributed by atoms with van der Waals surface area (Å²) in [4.78, 5) is 0.942. The molecule has 0 fully saturated rings. The molecular weight excluding hydrogens is 268 g/mol. The summed E-state index contributed by atoms with van der Waals surface area (Å²) in [5, 5.41) is 14.0.